The zero-order valence-electron chi connectivity index (χ0n) is 11.7. The molecule has 0 radical (unpaired) electrons. The van der Waals surface area contributed by atoms with Crippen molar-refractivity contribution >= 4 is 17.7 Å². The number of urea groups is 1. The zero-order valence-corrected chi connectivity index (χ0v) is 11.7. The van der Waals surface area contributed by atoms with Crippen LogP contribution in [0.15, 0.2) is 24.3 Å². The van der Waals surface area contributed by atoms with Crippen molar-refractivity contribution in [1.82, 2.24) is 4.90 Å². The lowest BCUT2D eigenvalue weighted by Crippen LogP contribution is -2.45. The number of hydrogen-bond donors (Lipinski definition) is 2. The molecule has 0 aromatic heterocycles. The monoisotopic (exact) mass is 280 g/mol. The molecule has 0 saturated carbocycles. The Kier molecular flexibility index (Phi) is 5.83. The Morgan fingerprint density at radius 1 is 1.15 bits per heavy atom. The number of rotatable bonds is 6. The number of benzene rings is 1. The van der Waals surface area contributed by atoms with Crippen LogP contribution >= 0.6 is 0 Å². The van der Waals surface area contributed by atoms with Crippen molar-refractivity contribution in [3.8, 4) is 5.75 Å². The van der Waals surface area contributed by atoms with Crippen molar-refractivity contribution in [1.29, 1.82) is 0 Å². The molecule has 0 fully saturated rings. The first-order valence-electron chi connectivity index (χ1n) is 6.56. The summed E-state index contributed by atoms with van der Waals surface area (Å²) in [4.78, 5) is 26.2. The molecule has 0 aliphatic carbocycles. The quantitative estimate of drug-likeness (QED) is 0.836. The third kappa shape index (κ3) is 4.15. The van der Waals surface area contributed by atoms with Crippen LogP contribution in [0.5, 0.6) is 5.75 Å². The molecule has 110 valence electrons. The van der Waals surface area contributed by atoms with Crippen LogP contribution in [0.25, 0.3) is 0 Å². The summed E-state index contributed by atoms with van der Waals surface area (Å²) >= 11 is 0. The van der Waals surface area contributed by atoms with Crippen LogP contribution in [0.1, 0.15) is 20.3 Å². The van der Waals surface area contributed by atoms with Crippen molar-refractivity contribution in [2.24, 2.45) is 0 Å². The number of aromatic hydroxyl groups is 1. The van der Waals surface area contributed by atoms with Crippen LogP contribution < -0.4 is 4.90 Å². The Bertz CT molecular complexity index is 459. The van der Waals surface area contributed by atoms with Gasteiger partial charge in [0.15, 0.2) is 0 Å². The molecule has 1 aromatic carbocycles. The van der Waals surface area contributed by atoms with E-state index in [1.807, 2.05) is 13.8 Å². The first-order valence-corrected chi connectivity index (χ1v) is 6.56. The second-order valence-corrected chi connectivity index (χ2v) is 4.36. The lowest BCUT2D eigenvalue weighted by atomic mass is 10.2. The van der Waals surface area contributed by atoms with Crippen molar-refractivity contribution in [3.63, 3.8) is 0 Å². The number of carbonyl (C=O) groups excluding carboxylic acids is 1. The van der Waals surface area contributed by atoms with Crippen LogP contribution in [-0.2, 0) is 4.79 Å². The van der Waals surface area contributed by atoms with Crippen molar-refractivity contribution in [2.75, 3.05) is 24.5 Å². The Labute approximate surface area is 118 Å². The molecule has 0 aliphatic rings. The number of nitrogens with zero attached hydrogens (tertiary/aromatic N) is 2. The number of phenolic OH excluding ortho intramolecular Hbond substituents is 1. The van der Waals surface area contributed by atoms with E-state index in [2.05, 4.69) is 0 Å². The maximum absolute atomic E-state index is 12.4. The first-order chi connectivity index (χ1) is 9.49. The topological polar surface area (TPSA) is 81.1 Å². The van der Waals surface area contributed by atoms with Crippen molar-refractivity contribution in [3.05, 3.63) is 24.3 Å². The van der Waals surface area contributed by atoms with Gasteiger partial charge in [0.05, 0.1) is 0 Å². The molecule has 0 saturated heterocycles. The number of carboxylic acid groups (broad SMARTS) is 1. The molecular weight excluding hydrogens is 260 g/mol. The van der Waals surface area contributed by atoms with Gasteiger partial charge in [-0.1, -0.05) is 6.92 Å². The Morgan fingerprint density at radius 3 is 2.20 bits per heavy atom. The number of hydrogen-bond acceptors (Lipinski definition) is 3. The molecule has 2 amide bonds. The summed E-state index contributed by atoms with van der Waals surface area (Å²) in [5.41, 5.74) is 0.449. The average Bonchev–Trinajstić information content (AvgIpc) is 2.42. The fourth-order valence-corrected chi connectivity index (χ4v) is 1.87. The van der Waals surface area contributed by atoms with Crippen LogP contribution in [0, 0.1) is 0 Å². The summed E-state index contributed by atoms with van der Waals surface area (Å²) in [6.45, 7) is 4.48. The molecule has 20 heavy (non-hydrogen) atoms. The van der Waals surface area contributed by atoms with Gasteiger partial charge in [-0.05, 0) is 37.6 Å². The highest BCUT2D eigenvalue weighted by Gasteiger charge is 2.23. The predicted molar refractivity (Wildman–Crippen MR) is 76.0 cm³/mol. The number of carboxylic acids is 1. The van der Waals surface area contributed by atoms with Crippen LogP contribution in [0.2, 0.25) is 0 Å². The molecule has 1 aromatic rings. The van der Waals surface area contributed by atoms with E-state index >= 15 is 0 Å². The summed E-state index contributed by atoms with van der Waals surface area (Å²) < 4.78 is 0. The SMILES string of the molecule is CCCN(CC)C(=O)N(CC(=O)O)c1ccc(O)cc1. The van der Waals surface area contributed by atoms with E-state index in [4.69, 9.17) is 5.11 Å². The van der Waals surface area contributed by atoms with Gasteiger partial charge in [0.2, 0.25) is 0 Å². The Balaban J connectivity index is 3.01. The summed E-state index contributed by atoms with van der Waals surface area (Å²) in [6.07, 6.45) is 0.802. The minimum atomic E-state index is -1.08. The van der Waals surface area contributed by atoms with E-state index < -0.39 is 12.5 Å². The van der Waals surface area contributed by atoms with E-state index in [9.17, 15) is 14.7 Å². The van der Waals surface area contributed by atoms with Gasteiger partial charge >= 0.3 is 12.0 Å². The minimum Gasteiger partial charge on any atom is -0.508 e. The van der Waals surface area contributed by atoms with Gasteiger partial charge in [0, 0.05) is 18.8 Å². The van der Waals surface area contributed by atoms with Gasteiger partial charge in [-0.3, -0.25) is 9.69 Å². The highest BCUT2D eigenvalue weighted by atomic mass is 16.4. The molecule has 0 unspecified atom stereocenters. The molecule has 0 spiro atoms. The largest absolute Gasteiger partial charge is 0.508 e. The number of phenols is 1. The number of carbonyl (C=O) groups is 2. The van der Waals surface area contributed by atoms with Crippen LogP contribution in [0.4, 0.5) is 10.5 Å². The van der Waals surface area contributed by atoms with E-state index in [1.165, 1.54) is 29.2 Å². The number of anilines is 1. The summed E-state index contributed by atoms with van der Waals surface area (Å²) in [7, 11) is 0. The molecular formula is C14H20N2O4. The normalized spacial score (nSPS) is 10.1. The summed E-state index contributed by atoms with van der Waals surface area (Å²) in [5.74, 6) is -1.02. The van der Waals surface area contributed by atoms with E-state index in [0.717, 1.165) is 6.42 Å². The van der Waals surface area contributed by atoms with Crippen molar-refractivity contribution < 1.29 is 19.8 Å². The fourth-order valence-electron chi connectivity index (χ4n) is 1.87. The van der Waals surface area contributed by atoms with Crippen molar-refractivity contribution in [2.45, 2.75) is 20.3 Å². The molecule has 0 aliphatic heterocycles. The van der Waals surface area contributed by atoms with Crippen LogP contribution in [-0.4, -0.2) is 46.7 Å². The predicted octanol–water partition coefficient (Wildman–Crippen LogP) is 2.14. The lowest BCUT2D eigenvalue weighted by Gasteiger charge is -2.28. The average molecular weight is 280 g/mol. The standard InChI is InChI=1S/C14H20N2O4/c1-3-9-15(4-2)14(20)16(10-13(18)19)11-5-7-12(17)8-6-11/h5-8,17H,3-4,9-10H2,1-2H3,(H,18,19). The number of amides is 2. The maximum Gasteiger partial charge on any atom is 0.325 e. The van der Waals surface area contributed by atoms with Gasteiger partial charge in [0.25, 0.3) is 0 Å². The molecule has 6 nitrogen and oxygen atoms in total. The van der Waals surface area contributed by atoms with Gasteiger partial charge < -0.3 is 15.1 Å². The highest BCUT2D eigenvalue weighted by molar-refractivity contribution is 5.96. The van der Waals surface area contributed by atoms with Gasteiger partial charge in [-0.2, -0.15) is 0 Å². The van der Waals surface area contributed by atoms with Gasteiger partial charge in [0.1, 0.15) is 12.3 Å². The highest BCUT2D eigenvalue weighted by Crippen LogP contribution is 2.19. The molecule has 0 atom stereocenters. The second-order valence-electron chi connectivity index (χ2n) is 4.36. The van der Waals surface area contributed by atoms with E-state index in [-0.39, 0.29) is 11.8 Å². The zero-order chi connectivity index (χ0) is 15.1. The maximum atomic E-state index is 12.4. The van der Waals surface area contributed by atoms with Gasteiger partial charge in [-0.25, -0.2) is 4.79 Å². The molecule has 0 bridgehead atoms. The molecule has 1 rings (SSSR count). The lowest BCUT2D eigenvalue weighted by molar-refractivity contribution is -0.135. The number of aliphatic carboxylic acids is 1. The Hall–Kier alpha value is -2.24. The second kappa shape index (κ2) is 7.37. The minimum absolute atomic E-state index is 0.0670. The molecule has 0 heterocycles. The van der Waals surface area contributed by atoms with E-state index in [0.29, 0.717) is 18.8 Å². The van der Waals surface area contributed by atoms with Gasteiger partial charge in [-0.15, -0.1) is 0 Å². The molecule has 6 heteroatoms. The smallest absolute Gasteiger partial charge is 0.325 e. The summed E-state index contributed by atoms with van der Waals surface area (Å²) in [5, 5.41) is 18.2. The molecule has 2 N–H and O–H groups in total. The summed E-state index contributed by atoms with van der Waals surface area (Å²) in [6, 6.07) is 5.55. The van der Waals surface area contributed by atoms with E-state index in [1.54, 1.807) is 4.90 Å². The third-order valence-electron chi connectivity index (χ3n) is 2.83. The third-order valence-corrected chi connectivity index (χ3v) is 2.83. The fraction of sp³-hybridized carbons (Fsp3) is 0.429. The van der Waals surface area contributed by atoms with Crippen LogP contribution in [0.3, 0.4) is 0 Å². The first kappa shape index (κ1) is 15.8. The Morgan fingerprint density at radius 2 is 1.75 bits per heavy atom.